The van der Waals surface area contributed by atoms with Crippen molar-refractivity contribution in [2.45, 2.75) is 6.92 Å². The summed E-state index contributed by atoms with van der Waals surface area (Å²) in [5.41, 5.74) is 5.03. The van der Waals surface area contributed by atoms with Gasteiger partial charge in [-0.2, -0.15) is 0 Å². The summed E-state index contributed by atoms with van der Waals surface area (Å²) >= 11 is 0. The third-order valence-corrected chi connectivity index (χ3v) is 4.07. The normalized spacial score (nSPS) is 10.9. The molecule has 2 aliphatic rings. The lowest BCUT2D eigenvalue weighted by atomic mass is 10.1. The number of phenols is 1. The van der Waals surface area contributed by atoms with Crippen LogP contribution in [0.2, 0.25) is 0 Å². The number of benzene rings is 2. The number of hydrogen-bond acceptors (Lipinski definition) is 4. The Morgan fingerprint density at radius 2 is 1.84 bits per heavy atom. The maximum absolute atomic E-state index is 11.8. The molecule has 0 aromatic heterocycles. The van der Waals surface area contributed by atoms with E-state index in [1.807, 2.05) is 30.3 Å². The molecule has 0 saturated heterocycles. The van der Waals surface area contributed by atoms with Gasteiger partial charge in [-0.25, -0.2) is 5.01 Å². The molecule has 0 unspecified atom stereocenters. The lowest BCUT2D eigenvalue weighted by molar-refractivity contribution is -0.119. The summed E-state index contributed by atoms with van der Waals surface area (Å²) in [5.74, 6) is 0.209. The minimum Gasteiger partial charge on any atom is -0.506 e. The highest BCUT2D eigenvalue weighted by molar-refractivity contribution is 6.06. The van der Waals surface area contributed by atoms with Gasteiger partial charge in [-0.05, 0) is 40.6 Å². The Labute approximate surface area is 144 Å². The van der Waals surface area contributed by atoms with Crippen LogP contribution in [-0.2, 0) is 4.79 Å². The first-order valence-corrected chi connectivity index (χ1v) is 7.89. The Morgan fingerprint density at radius 1 is 1.08 bits per heavy atom. The molecule has 2 N–H and O–H groups in total. The van der Waals surface area contributed by atoms with E-state index in [9.17, 15) is 9.90 Å². The maximum Gasteiger partial charge on any atom is 0.235 e. The first kappa shape index (κ1) is 15.1. The van der Waals surface area contributed by atoms with E-state index in [0.29, 0.717) is 11.6 Å². The smallest absolute Gasteiger partial charge is 0.235 e. The van der Waals surface area contributed by atoms with Crippen molar-refractivity contribution in [1.82, 2.24) is 5.43 Å². The molecule has 124 valence electrons. The number of aromatic hydroxyl groups is 1. The van der Waals surface area contributed by atoms with Crippen LogP contribution >= 0.6 is 0 Å². The summed E-state index contributed by atoms with van der Waals surface area (Å²) in [4.78, 5) is 11.8. The van der Waals surface area contributed by atoms with Gasteiger partial charge in [0.25, 0.3) is 0 Å². The number of rotatable bonds is 3. The van der Waals surface area contributed by atoms with Gasteiger partial charge in [-0.3, -0.25) is 10.2 Å². The maximum atomic E-state index is 11.8. The first-order chi connectivity index (χ1) is 12.1. The molecule has 1 amide bonds. The molecule has 5 nitrogen and oxygen atoms in total. The third-order valence-electron chi connectivity index (χ3n) is 4.07. The number of fused-ring (bicyclic) bond motifs is 3. The van der Waals surface area contributed by atoms with E-state index in [2.05, 4.69) is 11.5 Å². The van der Waals surface area contributed by atoms with Gasteiger partial charge < -0.3 is 9.52 Å². The standard InChI is InChI=1S/C20H16N2O3/c1-13(23)21-22(17-8-4-5-9-18(17)24)20-19-15(10-11-25-20)12-14-6-2-3-7-16(14)19/h2-12,24H,1H3,(H,21,23). The van der Waals surface area contributed by atoms with Crippen LogP contribution in [0.15, 0.2) is 71.3 Å². The SMILES string of the molecule is CC(=O)NN(c1ccccc1O)c1occc2cc3ccccc3c1-2. The fourth-order valence-corrected chi connectivity index (χ4v) is 3.04. The van der Waals surface area contributed by atoms with Crippen molar-refractivity contribution in [3.8, 4) is 16.9 Å². The van der Waals surface area contributed by atoms with Crippen molar-refractivity contribution in [1.29, 1.82) is 0 Å². The Hall–Kier alpha value is -3.47. The lowest BCUT2D eigenvalue weighted by Gasteiger charge is -2.25. The molecule has 0 saturated carbocycles. The molecule has 0 radical (unpaired) electrons. The summed E-state index contributed by atoms with van der Waals surface area (Å²) in [7, 11) is 0. The second-order valence-corrected chi connectivity index (χ2v) is 5.78. The quantitative estimate of drug-likeness (QED) is 0.545. The number of phenolic OH excluding ortho intramolecular Hbond substituents is 1. The number of carbonyl (C=O) groups is 1. The molecule has 2 aromatic rings. The molecule has 25 heavy (non-hydrogen) atoms. The van der Waals surface area contributed by atoms with E-state index in [1.165, 1.54) is 11.9 Å². The zero-order valence-electron chi connectivity index (χ0n) is 13.6. The number of hydrogen-bond donors (Lipinski definition) is 2. The summed E-state index contributed by atoms with van der Waals surface area (Å²) in [6, 6.07) is 18.7. The molecule has 0 spiro atoms. The second-order valence-electron chi connectivity index (χ2n) is 5.78. The predicted octanol–water partition coefficient (Wildman–Crippen LogP) is 4.43. The molecule has 4 rings (SSSR count). The number of anilines is 2. The van der Waals surface area contributed by atoms with E-state index >= 15 is 0 Å². The topological polar surface area (TPSA) is 65.7 Å². The molecule has 1 aliphatic carbocycles. The van der Waals surface area contributed by atoms with Crippen LogP contribution in [0.25, 0.3) is 21.9 Å². The van der Waals surface area contributed by atoms with Crippen molar-refractivity contribution < 1.29 is 14.3 Å². The summed E-state index contributed by atoms with van der Waals surface area (Å²) in [5, 5.41) is 13.8. The Balaban J connectivity index is 1.99. The van der Waals surface area contributed by atoms with Crippen molar-refractivity contribution >= 4 is 28.3 Å². The molecular weight excluding hydrogens is 316 g/mol. The molecular formula is C20H16N2O3. The van der Waals surface area contributed by atoms with Crippen LogP contribution < -0.4 is 10.4 Å². The van der Waals surface area contributed by atoms with Crippen LogP contribution in [0.1, 0.15) is 6.92 Å². The monoisotopic (exact) mass is 332 g/mol. The van der Waals surface area contributed by atoms with Crippen molar-refractivity contribution in [3.05, 3.63) is 66.9 Å². The van der Waals surface area contributed by atoms with Gasteiger partial charge >= 0.3 is 0 Å². The molecule has 1 aliphatic heterocycles. The number of nitrogens with zero attached hydrogens (tertiary/aromatic N) is 1. The molecule has 2 aromatic carbocycles. The third kappa shape index (κ3) is 2.55. The van der Waals surface area contributed by atoms with Gasteiger partial charge in [-0.15, -0.1) is 0 Å². The Bertz CT molecular complexity index is 1040. The minimum absolute atomic E-state index is 0.0410. The Morgan fingerprint density at radius 3 is 2.64 bits per heavy atom. The van der Waals surface area contributed by atoms with Crippen molar-refractivity contribution in [3.63, 3.8) is 0 Å². The molecule has 5 heteroatoms. The fraction of sp³-hybridized carbons (Fsp3) is 0.0500. The summed E-state index contributed by atoms with van der Waals surface area (Å²) in [6.07, 6.45) is 1.57. The van der Waals surface area contributed by atoms with Gasteiger partial charge in [0.15, 0.2) is 0 Å². The zero-order valence-corrected chi connectivity index (χ0v) is 13.6. The highest BCUT2D eigenvalue weighted by Gasteiger charge is 2.24. The number of nitrogens with one attached hydrogen (secondary N) is 1. The first-order valence-electron chi connectivity index (χ1n) is 7.89. The van der Waals surface area contributed by atoms with Crippen LogP contribution in [-0.4, -0.2) is 11.0 Å². The zero-order chi connectivity index (χ0) is 17.4. The highest BCUT2D eigenvalue weighted by atomic mass is 16.4. The largest absolute Gasteiger partial charge is 0.506 e. The second kappa shape index (κ2) is 5.87. The van der Waals surface area contributed by atoms with E-state index in [0.717, 1.165) is 21.9 Å². The molecule has 1 heterocycles. The lowest BCUT2D eigenvalue weighted by Crippen LogP contribution is -2.37. The molecule has 0 atom stereocenters. The van der Waals surface area contributed by atoms with Crippen LogP contribution in [0, 0.1) is 0 Å². The van der Waals surface area contributed by atoms with Gasteiger partial charge in [0, 0.05) is 6.92 Å². The molecule has 0 fully saturated rings. The number of para-hydroxylation sites is 2. The van der Waals surface area contributed by atoms with Gasteiger partial charge in [0.2, 0.25) is 11.8 Å². The average molecular weight is 332 g/mol. The van der Waals surface area contributed by atoms with E-state index in [1.54, 1.807) is 30.5 Å². The van der Waals surface area contributed by atoms with Gasteiger partial charge in [0.1, 0.15) is 11.4 Å². The van der Waals surface area contributed by atoms with E-state index in [-0.39, 0.29) is 11.7 Å². The van der Waals surface area contributed by atoms with Crippen LogP contribution in [0.3, 0.4) is 0 Å². The number of carbonyl (C=O) groups excluding carboxylic acids is 1. The fourth-order valence-electron chi connectivity index (χ4n) is 3.04. The van der Waals surface area contributed by atoms with E-state index < -0.39 is 0 Å². The predicted molar refractivity (Wildman–Crippen MR) is 96.9 cm³/mol. The highest BCUT2D eigenvalue weighted by Crippen LogP contribution is 2.43. The number of hydrazine groups is 1. The van der Waals surface area contributed by atoms with Crippen molar-refractivity contribution in [2.24, 2.45) is 0 Å². The van der Waals surface area contributed by atoms with Gasteiger partial charge in [0.05, 0.1) is 11.8 Å². The summed E-state index contributed by atoms with van der Waals surface area (Å²) < 4.78 is 5.78. The Kier molecular flexibility index (Phi) is 3.54. The van der Waals surface area contributed by atoms with Crippen LogP contribution in [0.4, 0.5) is 11.6 Å². The van der Waals surface area contributed by atoms with Crippen LogP contribution in [0.5, 0.6) is 5.75 Å². The molecule has 0 bridgehead atoms. The van der Waals surface area contributed by atoms with E-state index in [4.69, 9.17) is 4.42 Å². The van der Waals surface area contributed by atoms with Gasteiger partial charge in [-0.1, -0.05) is 36.4 Å². The minimum atomic E-state index is -0.272. The summed E-state index contributed by atoms with van der Waals surface area (Å²) in [6.45, 7) is 1.41. The average Bonchev–Trinajstić information content (AvgIpc) is 2.99. The van der Waals surface area contributed by atoms with Crippen molar-refractivity contribution in [2.75, 3.05) is 5.01 Å². The number of amides is 1.